The number of hydrogen-bond acceptors (Lipinski definition) is 1. The van der Waals surface area contributed by atoms with Crippen LogP contribution in [0.5, 0.6) is 0 Å². The fraction of sp³-hybridized carbons (Fsp3) is 0.733. The van der Waals surface area contributed by atoms with E-state index in [1.54, 1.807) is 5.57 Å². The minimum atomic E-state index is -0.207. The zero-order chi connectivity index (χ0) is 11.3. The van der Waals surface area contributed by atoms with Crippen LogP contribution in [0.2, 0.25) is 0 Å². The summed E-state index contributed by atoms with van der Waals surface area (Å²) in [5.74, 6) is 3.88. The smallest absolute Gasteiger partial charge is 0.0572 e. The predicted molar refractivity (Wildman–Crippen MR) is 65.9 cm³/mol. The van der Waals surface area contributed by atoms with Gasteiger partial charge in [-0.15, -0.1) is 0 Å². The lowest BCUT2D eigenvalue weighted by Gasteiger charge is -2.27. The molecule has 3 aliphatic carbocycles. The Labute approximate surface area is 98.2 Å². The Morgan fingerprint density at radius 3 is 3.00 bits per heavy atom. The van der Waals surface area contributed by atoms with E-state index in [1.165, 1.54) is 19.3 Å². The van der Waals surface area contributed by atoms with Gasteiger partial charge in [-0.05, 0) is 55.8 Å². The van der Waals surface area contributed by atoms with Gasteiger partial charge in [-0.2, -0.15) is 0 Å². The Morgan fingerprint density at radius 2 is 2.25 bits per heavy atom. The summed E-state index contributed by atoms with van der Waals surface area (Å²) in [6, 6.07) is 0. The summed E-state index contributed by atoms with van der Waals surface area (Å²) in [7, 11) is 0. The van der Waals surface area contributed by atoms with Gasteiger partial charge in [0.25, 0.3) is 0 Å². The third kappa shape index (κ3) is 1.48. The zero-order valence-corrected chi connectivity index (χ0v) is 10.3. The van der Waals surface area contributed by atoms with E-state index in [0.29, 0.717) is 5.92 Å². The molecule has 1 heteroatoms. The van der Waals surface area contributed by atoms with Crippen molar-refractivity contribution in [2.24, 2.45) is 29.6 Å². The van der Waals surface area contributed by atoms with Gasteiger partial charge in [0, 0.05) is 0 Å². The van der Waals surface area contributed by atoms with E-state index in [0.717, 1.165) is 23.7 Å². The molecule has 0 saturated heterocycles. The molecule has 16 heavy (non-hydrogen) atoms. The van der Waals surface area contributed by atoms with Crippen molar-refractivity contribution in [1.82, 2.24) is 0 Å². The van der Waals surface area contributed by atoms with Crippen molar-refractivity contribution >= 4 is 0 Å². The number of fused-ring (bicyclic) bond motifs is 5. The molecule has 6 atom stereocenters. The van der Waals surface area contributed by atoms with Crippen LogP contribution in [-0.2, 0) is 0 Å². The Hall–Kier alpha value is -0.560. The van der Waals surface area contributed by atoms with E-state index in [1.807, 2.05) is 6.92 Å². The summed E-state index contributed by atoms with van der Waals surface area (Å²) in [4.78, 5) is 0. The summed E-state index contributed by atoms with van der Waals surface area (Å²) in [6.07, 6.45) is 11.0. The van der Waals surface area contributed by atoms with Crippen molar-refractivity contribution in [3.8, 4) is 0 Å². The van der Waals surface area contributed by atoms with Gasteiger partial charge in [0.15, 0.2) is 0 Å². The molecule has 3 rings (SSSR count). The molecular weight excluding hydrogens is 196 g/mol. The van der Waals surface area contributed by atoms with Crippen LogP contribution >= 0.6 is 0 Å². The van der Waals surface area contributed by atoms with Crippen LogP contribution in [0.25, 0.3) is 0 Å². The Bertz CT molecular complexity index is 339. The highest BCUT2D eigenvalue weighted by Crippen LogP contribution is 2.58. The van der Waals surface area contributed by atoms with E-state index in [-0.39, 0.29) is 6.10 Å². The molecule has 0 radical (unpaired) electrons. The number of hydrogen-bond donors (Lipinski definition) is 1. The monoisotopic (exact) mass is 218 g/mol. The average Bonchev–Trinajstić information content (AvgIpc) is 2.87. The van der Waals surface area contributed by atoms with Crippen LogP contribution in [0.1, 0.15) is 33.1 Å². The topological polar surface area (TPSA) is 20.2 Å². The molecule has 2 saturated carbocycles. The van der Waals surface area contributed by atoms with E-state index in [4.69, 9.17) is 0 Å². The van der Waals surface area contributed by atoms with E-state index >= 15 is 0 Å². The van der Waals surface area contributed by atoms with Gasteiger partial charge in [0.05, 0.1) is 6.10 Å². The maximum absolute atomic E-state index is 9.58. The highest BCUT2D eigenvalue weighted by Gasteiger charge is 2.49. The van der Waals surface area contributed by atoms with Crippen LogP contribution in [-0.4, -0.2) is 11.2 Å². The standard InChI is InChI=1S/C15H22O/c1-9(10(2)16)6-11-7-12-8-15(11)14-5-3-4-13(12)14/h3,5-6,9-10,12-16H,4,7-8H2,1-2H3/b11-6+. The molecule has 0 spiro atoms. The normalized spacial score (nSPS) is 46.3. The summed E-state index contributed by atoms with van der Waals surface area (Å²) in [6.45, 7) is 4.03. The lowest BCUT2D eigenvalue weighted by atomic mass is 9.78. The molecular formula is C15H22O. The maximum Gasteiger partial charge on any atom is 0.0572 e. The van der Waals surface area contributed by atoms with Crippen LogP contribution in [0.15, 0.2) is 23.8 Å². The lowest BCUT2D eigenvalue weighted by Crippen LogP contribution is -2.20. The minimum Gasteiger partial charge on any atom is -0.393 e. The van der Waals surface area contributed by atoms with Gasteiger partial charge in [0.2, 0.25) is 0 Å². The second-order valence-electron chi connectivity index (χ2n) is 6.05. The summed E-state index contributed by atoms with van der Waals surface area (Å²) < 4.78 is 0. The van der Waals surface area contributed by atoms with Gasteiger partial charge in [-0.25, -0.2) is 0 Å². The van der Waals surface area contributed by atoms with Gasteiger partial charge >= 0.3 is 0 Å². The van der Waals surface area contributed by atoms with E-state index in [2.05, 4.69) is 25.2 Å². The molecule has 2 fully saturated rings. The van der Waals surface area contributed by atoms with Crippen molar-refractivity contribution in [3.05, 3.63) is 23.8 Å². The first-order valence-electron chi connectivity index (χ1n) is 6.72. The molecule has 1 N–H and O–H groups in total. The highest BCUT2D eigenvalue weighted by molar-refractivity contribution is 5.27. The van der Waals surface area contributed by atoms with Crippen molar-refractivity contribution < 1.29 is 5.11 Å². The third-order valence-corrected chi connectivity index (χ3v) is 5.10. The SMILES string of the molecule is CC(O)C(C)/C=C1\CC2CC1C1C=CCC21. The quantitative estimate of drug-likeness (QED) is 0.706. The first kappa shape index (κ1) is 10.6. The van der Waals surface area contributed by atoms with Gasteiger partial charge in [-0.3, -0.25) is 0 Å². The maximum atomic E-state index is 9.58. The van der Waals surface area contributed by atoms with E-state index < -0.39 is 0 Å². The van der Waals surface area contributed by atoms with Gasteiger partial charge < -0.3 is 5.11 Å². The first-order chi connectivity index (χ1) is 7.66. The molecule has 1 nitrogen and oxygen atoms in total. The Kier molecular flexibility index (Phi) is 2.47. The fourth-order valence-corrected chi connectivity index (χ4v) is 4.05. The minimum absolute atomic E-state index is 0.207. The first-order valence-corrected chi connectivity index (χ1v) is 6.72. The molecule has 0 aliphatic heterocycles. The second kappa shape index (κ2) is 3.73. The molecule has 88 valence electrons. The van der Waals surface area contributed by atoms with Crippen molar-refractivity contribution in [2.45, 2.75) is 39.2 Å². The van der Waals surface area contributed by atoms with Crippen LogP contribution < -0.4 is 0 Å². The average molecular weight is 218 g/mol. The van der Waals surface area contributed by atoms with Crippen molar-refractivity contribution in [3.63, 3.8) is 0 Å². The molecule has 0 aromatic rings. The molecule has 0 amide bonds. The Morgan fingerprint density at radius 1 is 1.44 bits per heavy atom. The summed E-state index contributed by atoms with van der Waals surface area (Å²) in [5, 5.41) is 9.58. The number of aliphatic hydroxyl groups excluding tert-OH is 1. The van der Waals surface area contributed by atoms with Gasteiger partial charge in [0.1, 0.15) is 0 Å². The molecule has 2 bridgehead atoms. The summed E-state index contributed by atoms with van der Waals surface area (Å²) in [5.41, 5.74) is 1.64. The second-order valence-corrected chi connectivity index (χ2v) is 6.05. The molecule has 0 aromatic carbocycles. The number of aliphatic hydroxyl groups is 1. The molecule has 0 heterocycles. The summed E-state index contributed by atoms with van der Waals surface area (Å²) >= 11 is 0. The van der Waals surface area contributed by atoms with Crippen molar-refractivity contribution in [1.29, 1.82) is 0 Å². The van der Waals surface area contributed by atoms with Crippen LogP contribution in [0, 0.1) is 29.6 Å². The molecule has 0 aromatic heterocycles. The van der Waals surface area contributed by atoms with Gasteiger partial charge in [-0.1, -0.05) is 30.7 Å². The number of rotatable bonds is 2. The highest BCUT2D eigenvalue weighted by atomic mass is 16.3. The van der Waals surface area contributed by atoms with E-state index in [9.17, 15) is 5.11 Å². The van der Waals surface area contributed by atoms with Crippen LogP contribution in [0.4, 0.5) is 0 Å². The largest absolute Gasteiger partial charge is 0.393 e. The third-order valence-electron chi connectivity index (χ3n) is 5.10. The predicted octanol–water partition coefficient (Wildman–Crippen LogP) is 3.16. The molecule has 6 unspecified atom stereocenters. The number of allylic oxidation sites excluding steroid dienone is 3. The van der Waals surface area contributed by atoms with Crippen LogP contribution in [0.3, 0.4) is 0 Å². The van der Waals surface area contributed by atoms with Crippen molar-refractivity contribution in [2.75, 3.05) is 0 Å². The fourth-order valence-electron chi connectivity index (χ4n) is 4.05. The lowest BCUT2D eigenvalue weighted by molar-refractivity contribution is 0.156. The Balaban J connectivity index is 1.79. The zero-order valence-electron chi connectivity index (χ0n) is 10.3. The molecule has 3 aliphatic rings.